The van der Waals surface area contributed by atoms with E-state index in [0.717, 1.165) is 36.7 Å². The first-order valence-corrected chi connectivity index (χ1v) is 14.6. The minimum Gasteiger partial charge on any atom is -0.350 e. The Morgan fingerprint density at radius 3 is 2.65 bits per heavy atom. The Labute approximate surface area is 227 Å². The average molecular weight is 548 g/mol. The first-order chi connectivity index (χ1) is 18.1. The summed E-state index contributed by atoms with van der Waals surface area (Å²) in [5, 5.41) is 17.7. The van der Waals surface area contributed by atoms with Crippen molar-refractivity contribution < 1.29 is 9.59 Å². The number of carbonyl (C=O) groups is 2. The number of anilines is 1. The first-order valence-electron chi connectivity index (χ1n) is 11.8. The first kappa shape index (κ1) is 25.3. The Hall–Kier alpha value is -3.34. The molecule has 5 rings (SSSR count). The summed E-state index contributed by atoms with van der Waals surface area (Å²) in [5.41, 5.74) is 1.71. The minimum atomic E-state index is -0.117. The molecule has 2 amide bonds. The molecule has 3 aromatic carbocycles. The van der Waals surface area contributed by atoms with E-state index in [0.29, 0.717) is 23.8 Å². The predicted octanol–water partition coefficient (Wildman–Crippen LogP) is 5.92. The largest absolute Gasteiger partial charge is 0.350 e. The quantitative estimate of drug-likeness (QED) is 0.167. The van der Waals surface area contributed by atoms with Crippen LogP contribution in [0.3, 0.4) is 0 Å². The number of hydrogen-bond donors (Lipinski definition) is 2. The number of para-hydroxylation sites is 1. The van der Waals surface area contributed by atoms with Crippen molar-refractivity contribution in [3.05, 3.63) is 78.5 Å². The second kappa shape index (κ2) is 11.8. The molecule has 0 saturated heterocycles. The van der Waals surface area contributed by atoms with Gasteiger partial charge in [0.25, 0.3) is 5.91 Å². The number of rotatable bonds is 10. The van der Waals surface area contributed by atoms with Gasteiger partial charge in [0.1, 0.15) is 0 Å². The Kier molecular flexibility index (Phi) is 8.08. The number of fused-ring (bicyclic) bond motifs is 2. The van der Waals surface area contributed by atoms with E-state index in [1.807, 2.05) is 60.8 Å². The third-order valence-corrected chi connectivity index (χ3v) is 8.58. The van der Waals surface area contributed by atoms with Gasteiger partial charge in [0.05, 0.1) is 5.75 Å². The lowest BCUT2D eigenvalue weighted by molar-refractivity contribution is -0.113. The van der Waals surface area contributed by atoms with Crippen molar-refractivity contribution in [1.29, 1.82) is 0 Å². The molecule has 37 heavy (non-hydrogen) atoms. The highest BCUT2D eigenvalue weighted by atomic mass is 32.2. The maximum Gasteiger partial charge on any atom is 0.251 e. The summed E-state index contributed by atoms with van der Waals surface area (Å²) in [6.45, 7) is 3.16. The fraction of sp³-hybridized carbons (Fsp3) is 0.185. The van der Waals surface area contributed by atoms with Crippen molar-refractivity contribution in [1.82, 2.24) is 20.1 Å². The Morgan fingerprint density at radius 1 is 0.973 bits per heavy atom. The third kappa shape index (κ3) is 6.15. The topological polar surface area (TPSA) is 88.9 Å². The van der Waals surface area contributed by atoms with Crippen LogP contribution in [0.1, 0.15) is 17.3 Å². The van der Waals surface area contributed by atoms with E-state index < -0.39 is 0 Å². The number of nitrogens with zero attached hydrogens (tertiary/aromatic N) is 3. The van der Waals surface area contributed by atoms with Crippen LogP contribution in [0.15, 0.2) is 82.2 Å². The summed E-state index contributed by atoms with van der Waals surface area (Å²) in [6, 6.07) is 21.8. The monoisotopic (exact) mass is 547 g/mol. The maximum atomic E-state index is 12.7. The molecule has 7 nitrogen and oxygen atoms in total. The van der Waals surface area contributed by atoms with E-state index in [4.69, 9.17) is 0 Å². The fourth-order valence-electron chi connectivity index (χ4n) is 3.98. The van der Waals surface area contributed by atoms with Crippen molar-refractivity contribution in [3.8, 4) is 0 Å². The van der Waals surface area contributed by atoms with E-state index >= 15 is 0 Å². The molecule has 0 saturated carbocycles. The number of amides is 2. The molecule has 2 N–H and O–H groups in total. The van der Waals surface area contributed by atoms with E-state index in [1.54, 1.807) is 11.8 Å². The van der Waals surface area contributed by atoms with Crippen LogP contribution in [0.5, 0.6) is 0 Å². The van der Waals surface area contributed by atoms with Crippen LogP contribution in [0.4, 0.5) is 5.13 Å². The van der Waals surface area contributed by atoms with Crippen LogP contribution in [-0.4, -0.2) is 44.6 Å². The van der Waals surface area contributed by atoms with Gasteiger partial charge in [-0.3, -0.25) is 14.9 Å². The molecule has 188 valence electrons. The molecule has 0 aliphatic carbocycles. The predicted molar refractivity (Wildman–Crippen MR) is 154 cm³/mol. The van der Waals surface area contributed by atoms with Gasteiger partial charge in [-0.1, -0.05) is 78.6 Å². The van der Waals surface area contributed by atoms with Crippen molar-refractivity contribution in [2.45, 2.75) is 22.7 Å². The molecule has 10 heteroatoms. The van der Waals surface area contributed by atoms with Crippen LogP contribution in [0, 0.1) is 0 Å². The van der Waals surface area contributed by atoms with Gasteiger partial charge >= 0.3 is 0 Å². The summed E-state index contributed by atoms with van der Waals surface area (Å²) < 4.78 is 2.97. The lowest BCUT2D eigenvalue weighted by Gasteiger charge is -2.08. The Balaban J connectivity index is 1.20. The maximum absolute atomic E-state index is 12.7. The molecule has 0 fully saturated rings. The average Bonchev–Trinajstić information content (AvgIpc) is 3.51. The summed E-state index contributed by atoms with van der Waals surface area (Å²) >= 11 is 4.47. The van der Waals surface area contributed by atoms with Gasteiger partial charge in [0.2, 0.25) is 11.0 Å². The molecule has 0 spiro atoms. The standard InChI is InChI=1S/C27H25N5O2S3/c1-2-35-27-31-30-26(37-27)29-24(33)17-36-23-16-32(22-10-6-5-9-21(22)23)14-13-28-25(34)20-12-11-18-7-3-4-8-19(18)15-20/h3-12,15-16H,2,13-14,17H2,1H3,(H,28,34)(H,29,30,33). The second-order valence-electron chi connectivity index (χ2n) is 8.16. The molecule has 0 aliphatic heterocycles. The van der Waals surface area contributed by atoms with Crippen molar-refractivity contribution >= 4 is 73.5 Å². The molecule has 0 atom stereocenters. The Bertz CT molecular complexity index is 1560. The van der Waals surface area contributed by atoms with Crippen LogP contribution in [0.25, 0.3) is 21.7 Å². The van der Waals surface area contributed by atoms with Crippen molar-refractivity contribution in [3.63, 3.8) is 0 Å². The number of thioether (sulfide) groups is 2. The number of nitrogens with one attached hydrogen (secondary N) is 2. The number of benzene rings is 3. The molecular weight excluding hydrogens is 523 g/mol. The van der Waals surface area contributed by atoms with Crippen LogP contribution >= 0.6 is 34.9 Å². The highest BCUT2D eigenvalue weighted by molar-refractivity contribution is 8.01. The highest BCUT2D eigenvalue weighted by Gasteiger charge is 2.13. The third-order valence-electron chi connectivity index (χ3n) is 5.68. The minimum absolute atomic E-state index is 0.0920. The highest BCUT2D eigenvalue weighted by Crippen LogP contribution is 2.30. The zero-order valence-electron chi connectivity index (χ0n) is 20.1. The van der Waals surface area contributed by atoms with Crippen molar-refractivity contribution in [2.24, 2.45) is 0 Å². The Morgan fingerprint density at radius 2 is 1.78 bits per heavy atom. The number of aromatic nitrogens is 3. The van der Waals surface area contributed by atoms with Gasteiger partial charge in [-0.2, -0.15) is 0 Å². The summed E-state index contributed by atoms with van der Waals surface area (Å²) in [7, 11) is 0. The fourth-order valence-corrected chi connectivity index (χ4v) is 6.53. The zero-order valence-corrected chi connectivity index (χ0v) is 22.6. The summed E-state index contributed by atoms with van der Waals surface area (Å²) in [5.74, 6) is 0.970. The number of carbonyl (C=O) groups excluding carboxylic acids is 2. The molecule has 0 radical (unpaired) electrons. The van der Waals surface area contributed by atoms with Gasteiger partial charge in [0.15, 0.2) is 4.34 Å². The van der Waals surface area contributed by atoms with E-state index in [1.165, 1.54) is 23.1 Å². The van der Waals surface area contributed by atoms with Crippen LogP contribution in [0.2, 0.25) is 0 Å². The van der Waals surface area contributed by atoms with E-state index in [-0.39, 0.29) is 17.6 Å². The van der Waals surface area contributed by atoms with Gasteiger partial charge in [-0.25, -0.2) is 0 Å². The van der Waals surface area contributed by atoms with E-state index in [9.17, 15) is 9.59 Å². The molecule has 5 aromatic rings. The van der Waals surface area contributed by atoms with Gasteiger partial charge in [-0.15, -0.1) is 22.0 Å². The molecule has 0 unspecified atom stereocenters. The molecular formula is C27H25N5O2S3. The molecule has 0 bridgehead atoms. The number of hydrogen-bond acceptors (Lipinski definition) is 7. The van der Waals surface area contributed by atoms with Gasteiger partial charge in [-0.05, 0) is 34.7 Å². The van der Waals surface area contributed by atoms with Crippen LogP contribution in [-0.2, 0) is 11.3 Å². The van der Waals surface area contributed by atoms with Gasteiger partial charge in [0, 0.05) is 40.6 Å². The molecule has 2 aromatic heterocycles. The normalized spacial score (nSPS) is 11.2. The van der Waals surface area contributed by atoms with Crippen LogP contribution < -0.4 is 10.6 Å². The van der Waals surface area contributed by atoms with Gasteiger partial charge < -0.3 is 9.88 Å². The smallest absolute Gasteiger partial charge is 0.251 e. The zero-order chi connectivity index (χ0) is 25.6. The lowest BCUT2D eigenvalue weighted by atomic mass is 10.1. The second-order valence-corrected chi connectivity index (χ2v) is 11.7. The summed E-state index contributed by atoms with van der Waals surface area (Å²) in [6.07, 6.45) is 2.05. The SMILES string of the molecule is CCSc1nnc(NC(=O)CSc2cn(CCNC(=O)c3ccc4ccccc4c3)c3ccccc23)s1. The summed E-state index contributed by atoms with van der Waals surface area (Å²) in [4.78, 5) is 26.3. The molecule has 2 heterocycles. The lowest BCUT2D eigenvalue weighted by Crippen LogP contribution is -2.27. The van der Waals surface area contributed by atoms with Crippen molar-refractivity contribution in [2.75, 3.05) is 23.4 Å². The van der Waals surface area contributed by atoms with E-state index in [2.05, 4.69) is 44.5 Å². The molecule has 0 aliphatic rings.